The number of nitrogens with zero attached hydrogens (tertiary/aromatic N) is 3. The van der Waals surface area contributed by atoms with Crippen LogP contribution in [0.3, 0.4) is 0 Å². The van der Waals surface area contributed by atoms with Gasteiger partial charge in [-0.05, 0) is 48.7 Å². The van der Waals surface area contributed by atoms with Gasteiger partial charge in [-0.3, -0.25) is 9.80 Å². The third-order valence-corrected chi connectivity index (χ3v) is 6.00. The lowest BCUT2D eigenvalue weighted by Gasteiger charge is -2.25. The molecule has 7 heteroatoms. The summed E-state index contributed by atoms with van der Waals surface area (Å²) < 4.78 is 13.4. The van der Waals surface area contributed by atoms with Crippen molar-refractivity contribution >= 4 is 40.5 Å². The van der Waals surface area contributed by atoms with Crippen LogP contribution in [0.25, 0.3) is 0 Å². The van der Waals surface area contributed by atoms with E-state index >= 15 is 0 Å². The maximum Gasteiger partial charge on any atom is 0.270 e. The van der Waals surface area contributed by atoms with Crippen LogP contribution in [0.1, 0.15) is 43.7 Å². The van der Waals surface area contributed by atoms with E-state index in [4.69, 9.17) is 23.2 Å². The van der Waals surface area contributed by atoms with Gasteiger partial charge < -0.3 is 4.90 Å². The highest BCUT2D eigenvalue weighted by Crippen LogP contribution is 2.40. The minimum absolute atomic E-state index is 0.0217. The first-order valence-corrected chi connectivity index (χ1v) is 10.6. The van der Waals surface area contributed by atoms with Crippen LogP contribution in [-0.4, -0.2) is 29.6 Å². The van der Waals surface area contributed by atoms with Gasteiger partial charge in [0.25, 0.3) is 5.91 Å². The molecule has 2 aromatic carbocycles. The van der Waals surface area contributed by atoms with Gasteiger partial charge in [-0.15, -0.1) is 0 Å². The summed E-state index contributed by atoms with van der Waals surface area (Å²) in [5, 5.41) is 7.42. The average Bonchev–Trinajstić information content (AvgIpc) is 2.95. The molecule has 0 saturated carbocycles. The molecule has 1 amide bonds. The van der Waals surface area contributed by atoms with E-state index in [1.54, 1.807) is 35.3 Å². The monoisotopic (exact) mass is 433 g/mol. The van der Waals surface area contributed by atoms with E-state index in [0.29, 0.717) is 27.9 Å². The first kappa shape index (κ1) is 20.2. The molecule has 1 saturated heterocycles. The lowest BCUT2D eigenvalue weighted by atomic mass is 10.0. The second-order valence-corrected chi connectivity index (χ2v) is 8.31. The Hall–Kier alpha value is -2.11. The van der Waals surface area contributed by atoms with Crippen molar-refractivity contribution in [3.63, 3.8) is 0 Å². The number of halogens is 3. The predicted molar refractivity (Wildman–Crippen MR) is 115 cm³/mol. The lowest BCUT2D eigenvalue weighted by molar-refractivity contribution is -0.124. The third kappa shape index (κ3) is 4.41. The van der Waals surface area contributed by atoms with Gasteiger partial charge in [0.05, 0.1) is 16.8 Å². The Bertz CT molecular complexity index is 924. The fraction of sp³-hybridized carbons (Fsp3) is 0.364. The number of hydrogen-bond donors (Lipinski definition) is 0. The molecule has 0 radical (unpaired) electrons. The molecule has 1 atom stereocenters. The number of rotatable bonds is 3. The number of benzene rings is 2. The predicted octanol–water partition coefficient (Wildman–Crippen LogP) is 5.84. The minimum Gasteiger partial charge on any atom is -0.338 e. The van der Waals surface area contributed by atoms with Crippen molar-refractivity contribution in [3.05, 3.63) is 63.9 Å². The van der Waals surface area contributed by atoms with E-state index in [1.807, 2.05) is 4.90 Å². The first-order chi connectivity index (χ1) is 14.0. The third-order valence-electron chi connectivity index (χ3n) is 5.46. The minimum atomic E-state index is -0.301. The number of hydrogen-bond acceptors (Lipinski definition) is 3. The van der Waals surface area contributed by atoms with Crippen molar-refractivity contribution in [3.8, 4) is 0 Å². The number of carbonyl (C=O) groups excluding carboxylic acids is 1. The molecule has 0 spiro atoms. The van der Waals surface area contributed by atoms with Crippen LogP contribution in [-0.2, 0) is 4.79 Å². The number of carbonyl (C=O) groups is 1. The quantitative estimate of drug-likeness (QED) is 0.608. The highest BCUT2D eigenvalue weighted by molar-refractivity contribution is 6.40. The zero-order valence-corrected chi connectivity index (χ0v) is 17.5. The van der Waals surface area contributed by atoms with E-state index in [9.17, 15) is 9.18 Å². The highest BCUT2D eigenvalue weighted by atomic mass is 35.5. The van der Waals surface area contributed by atoms with Crippen LogP contribution >= 0.6 is 23.2 Å². The zero-order chi connectivity index (χ0) is 20.4. The molecule has 152 valence electrons. The molecule has 1 unspecified atom stereocenters. The van der Waals surface area contributed by atoms with Crippen molar-refractivity contribution in [2.24, 2.45) is 5.10 Å². The standard InChI is InChI=1S/C22H22Cl2FN3O/c23-16-7-10-20(18(24)13-16)28-21(15-5-8-17(25)9-6-15)14-19(26-28)22(29)27-11-3-1-2-4-12-27/h5-10,13,21H,1-4,11-12,14H2. The van der Waals surface area contributed by atoms with Gasteiger partial charge in [0.15, 0.2) is 0 Å². The lowest BCUT2D eigenvalue weighted by Crippen LogP contribution is -2.36. The summed E-state index contributed by atoms with van der Waals surface area (Å²) in [6, 6.07) is 11.3. The molecule has 2 heterocycles. The Morgan fingerprint density at radius 3 is 2.34 bits per heavy atom. The second kappa shape index (κ2) is 8.72. The average molecular weight is 434 g/mol. The van der Waals surface area contributed by atoms with Gasteiger partial charge in [0.1, 0.15) is 11.5 Å². The molecule has 0 N–H and O–H groups in total. The Kier molecular flexibility index (Phi) is 6.07. The molecule has 0 bridgehead atoms. The van der Waals surface area contributed by atoms with E-state index in [0.717, 1.165) is 44.3 Å². The summed E-state index contributed by atoms with van der Waals surface area (Å²) in [6.07, 6.45) is 4.79. The number of hydrazone groups is 1. The molecule has 2 aromatic rings. The fourth-order valence-electron chi connectivity index (χ4n) is 3.93. The largest absolute Gasteiger partial charge is 0.338 e. The van der Waals surface area contributed by atoms with Crippen LogP contribution in [0.5, 0.6) is 0 Å². The highest BCUT2D eigenvalue weighted by Gasteiger charge is 2.35. The van der Waals surface area contributed by atoms with Crippen molar-refractivity contribution < 1.29 is 9.18 Å². The van der Waals surface area contributed by atoms with E-state index in [1.165, 1.54) is 12.1 Å². The van der Waals surface area contributed by atoms with Gasteiger partial charge in [0.2, 0.25) is 0 Å². The van der Waals surface area contributed by atoms with E-state index < -0.39 is 0 Å². The second-order valence-electron chi connectivity index (χ2n) is 7.46. The Morgan fingerprint density at radius 2 is 1.69 bits per heavy atom. The summed E-state index contributed by atoms with van der Waals surface area (Å²) in [6.45, 7) is 1.53. The summed E-state index contributed by atoms with van der Waals surface area (Å²) in [5.41, 5.74) is 2.05. The Balaban J connectivity index is 1.68. The van der Waals surface area contributed by atoms with Crippen LogP contribution in [0, 0.1) is 5.82 Å². The van der Waals surface area contributed by atoms with Crippen LogP contribution in [0.15, 0.2) is 47.6 Å². The maximum absolute atomic E-state index is 13.4. The van der Waals surface area contributed by atoms with Crippen molar-refractivity contribution in [2.45, 2.75) is 38.1 Å². The molecule has 2 aliphatic rings. The molecule has 4 nitrogen and oxygen atoms in total. The number of amides is 1. The van der Waals surface area contributed by atoms with Gasteiger partial charge in [0, 0.05) is 24.5 Å². The fourth-order valence-corrected chi connectivity index (χ4v) is 4.42. The van der Waals surface area contributed by atoms with Gasteiger partial charge in [-0.2, -0.15) is 5.10 Å². The Morgan fingerprint density at radius 1 is 1.00 bits per heavy atom. The van der Waals surface area contributed by atoms with Crippen molar-refractivity contribution in [1.29, 1.82) is 0 Å². The molecule has 29 heavy (non-hydrogen) atoms. The number of likely N-dealkylation sites (tertiary alicyclic amines) is 1. The van der Waals surface area contributed by atoms with Crippen LogP contribution in [0.2, 0.25) is 10.0 Å². The van der Waals surface area contributed by atoms with Gasteiger partial charge in [-0.1, -0.05) is 48.2 Å². The SMILES string of the molecule is O=C(C1=NN(c2ccc(Cl)cc2Cl)C(c2ccc(F)cc2)C1)N1CCCCCC1. The normalized spacial score (nSPS) is 19.8. The maximum atomic E-state index is 13.4. The van der Waals surface area contributed by atoms with E-state index in [-0.39, 0.29) is 17.8 Å². The summed E-state index contributed by atoms with van der Waals surface area (Å²) in [7, 11) is 0. The van der Waals surface area contributed by atoms with Gasteiger partial charge in [-0.25, -0.2) is 4.39 Å². The summed E-state index contributed by atoms with van der Waals surface area (Å²) in [5.74, 6) is -0.323. The molecule has 0 aliphatic carbocycles. The zero-order valence-electron chi connectivity index (χ0n) is 16.0. The van der Waals surface area contributed by atoms with Crippen molar-refractivity contribution in [2.75, 3.05) is 18.1 Å². The van der Waals surface area contributed by atoms with Crippen molar-refractivity contribution in [1.82, 2.24) is 4.90 Å². The smallest absolute Gasteiger partial charge is 0.270 e. The Labute approximate surface area is 179 Å². The summed E-state index contributed by atoms with van der Waals surface area (Å²) in [4.78, 5) is 15.1. The van der Waals surface area contributed by atoms with Crippen LogP contribution < -0.4 is 5.01 Å². The molecular weight excluding hydrogens is 412 g/mol. The summed E-state index contributed by atoms with van der Waals surface area (Å²) >= 11 is 12.5. The molecule has 0 aromatic heterocycles. The molecule has 1 fully saturated rings. The molecule has 2 aliphatic heterocycles. The first-order valence-electron chi connectivity index (χ1n) is 9.89. The molecule has 4 rings (SSSR count). The van der Waals surface area contributed by atoms with Gasteiger partial charge >= 0.3 is 0 Å². The van der Waals surface area contributed by atoms with E-state index in [2.05, 4.69) is 5.10 Å². The van der Waals surface area contributed by atoms with Crippen LogP contribution in [0.4, 0.5) is 10.1 Å². The number of anilines is 1. The molecular formula is C22H22Cl2FN3O. The topological polar surface area (TPSA) is 35.9 Å².